The van der Waals surface area contributed by atoms with Crippen LogP contribution >= 0.6 is 0 Å². The summed E-state index contributed by atoms with van der Waals surface area (Å²) in [6.45, 7) is 1.36. The minimum atomic E-state index is -2.23. The molecule has 0 amide bonds. The van der Waals surface area contributed by atoms with Gasteiger partial charge in [0.2, 0.25) is 5.60 Å². The van der Waals surface area contributed by atoms with Crippen molar-refractivity contribution >= 4 is 12.1 Å². The van der Waals surface area contributed by atoms with Crippen molar-refractivity contribution < 1.29 is 19.8 Å². The van der Waals surface area contributed by atoms with Gasteiger partial charge in [0, 0.05) is 6.42 Å². The number of aliphatic hydroxyl groups excluding tert-OH is 1. The number of ketones is 1. The van der Waals surface area contributed by atoms with Crippen LogP contribution in [0, 0.1) is 0 Å². The van der Waals surface area contributed by atoms with E-state index >= 15 is 0 Å². The summed E-state index contributed by atoms with van der Waals surface area (Å²) in [7, 11) is 0. The molecule has 0 saturated heterocycles. The number of rotatable bonds is 17. The van der Waals surface area contributed by atoms with Crippen molar-refractivity contribution in [2.24, 2.45) is 0 Å². The third-order valence-electron chi connectivity index (χ3n) is 4.15. The van der Waals surface area contributed by atoms with Gasteiger partial charge in [-0.05, 0) is 44.9 Å². The third-order valence-corrected chi connectivity index (χ3v) is 4.15. The molecular weight excluding hydrogens is 340 g/mol. The normalized spacial score (nSPS) is 14.6. The Labute approximate surface area is 164 Å². The molecule has 0 spiro atoms. The zero-order valence-corrected chi connectivity index (χ0v) is 16.7. The molecule has 152 valence electrons. The molecule has 0 aromatic carbocycles. The largest absolute Gasteiger partial charge is 0.392 e. The van der Waals surface area contributed by atoms with E-state index in [1.165, 1.54) is 25.7 Å². The van der Waals surface area contributed by atoms with Crippen LogP contribution in [0.1, 0.15) is 71.1 Å². The summed E-state index contributed by atoms with van der Waals surface area (Å²) in [6, 6.07) is 0. The fraction of sp³-hybridized carbons (Fsp3) is 0.565. The van der Waals surface area contributed by atoms with Crippen molar-refractivity contribution in [1.82, 2.24) is 0 Å². The summed E-state index contributed by atoms with van der Waals surface area (Å²) < 4.78 is 0. The van der Waals surface area contributed by atoms with E-state index in [-0.39, 0.29) is 12.7 Å². The lowest BCUT2D eigenvalue weighted by Crippen LogP contribution is -2.43. The first-order valence-electron chi connectivity index (χ1n) is 10.0. The fourth-order valence-electron chi connectivity index (χ4n) is 2.35. The topological polar surface area (TPSA) is 74.6 Å². The van der Waals surface area contributed by atoms with Gasteiger partial charge in [0.05, 0.1) is 6.61 Å². The second kappa shape index (κ2) is 17.6. The monoisotopic (exact) mass is 376 g/mol. The maximum absolute atomic E-state index is 11.6. The van der Waals surface area contributed by atoms with E-state index in [1.54, 1.807) is 0 Å². The molecule has 0 radical (unpaired) electrons. The van der Waals surface area contributed by atoms with Gasteiger partial charge < -0.3 is 10.2 Å². The van der Waals surface area contributed by atoms with E-state index < -0.39 is 18.0 Å². The van der Waals surface area contributed by atoms with Gasteiger partial charge in [-0.3, -0.25) is 9.59 Å². The number of hydrogen-bond acceptors (Lipinski definition) is 4. The Morgan fingerprint density at radius 1 is 0.815 bits per heavy atom. The zero-order valence-electron chi connectivity index (χ0n) is 16.7. The van der Waals surface area contributed by atoms with Crippen LogP contribution in [0.3, 0.4) is 0 Å². The lowest BCUT2D eigenvalue weighted by atomic mass is 9.97. The Morgan fingerprint density at radius 3 is 1.74 bits per heavy atom. The van der Waals surface area contributed by atoms with Crippen LogP contribution in [0.15, 0.2) is 48.6 Å². The number of carbonyl (C=O) groups excluding carboxylic acids is 2. The van der Waals surface area contributed by atoms with Gasteiger partial charge in [0.25, 0.3) is 0 Å². The second-order valence-corrected chi connectivity index (χ2v) is 6.60. The molecule has 1 atom stereocenters. The van der Waals surface area contributed by atoms with Gasteiger partial charge in [-0.25, -0.2) is 0 Å². The van der Waals surface area contributed by atoms with Crippen molar-refractivity contribution in [3.8, 4) is 0 Å². The molecule has 0 aliphatic carbocycles. The first kappa shape index (κ1) is 25.2. The number of hydrogen-bond donors (Lipinski definition) is 2. The molecule has 4 nitrogen and oxygen atoms in total. The van der Waals surface area contributed by atoms with E-state index in [1.807, 2.05) is 12.2 Å². The summed E-state index contributed by atoms with van der Waals surface area (Å²) in [5.74, 6) is -0.629. The molecule has 0 aromatic heterocycles. The molecular formula is C23H36O4. The minimum Gasteiger partial charge on any atom is -0.392 e. The van der Waals surface area contributed by atoms with Crippen molar-refractivity contribution in [2.45, 2.75) is 76.7 Å². The minimum absolute atomic E-state index is 0.0772. The van der Waals surface area contributed by atoms with Crippen molar-refractivity contribution in [3.63, 3.8) is 0 Å². The van der Waals surface area contributed by atoms with Crippen LogP contribution in [0.4, 0.5) is 0 Å². The standard InChI is InChI=1S/C23H36O4/c1-2-3-4-5-6-7-8-9-10-11-12-13-14-15-16-17-18-19-22(26)23(27,20-24)21-25/h6-7,9-10,12-13,15-16,20,25,27H,2-5,8,11,14,17-19,21H2,1H3. The summed E-state index contributed by atoms with van der Waals surface area (Å²) in [4.78, 5) is 22.2. The predicted octanol–water partition coefficient (Wildman–Crippen LogP) is 4.62. The highest BCUT2D eigenvalue weighted by Gasteiger charge is 2.33. The number of unbranched alkanes of at least 4 members (excludes halogenated alkanes) is 4. The summed E-state index contributed by atoms with van der Waals surface area (Å²) in [5.41, 5.74) is -2.23. The summed E-state index contributed by atoms with van der Waals surface area (Å²) >= 11 is 0. The van der Waals surface area contributed by atoms with Gasteiger partial charge in [-0.1, -0.05) is 68.4 Å². The number of Topliss-reactive ketones (excluding diaryl/α,β-unsaturated/α-hetero) is 1. The maximum atomic E-state index is 11.6. The quantitative estimate of drug-likeness (QED) is 0.168. The van der Waals surface area contributed by atoms with Crippen LogP contribution in [-0.2, 0) is 9.59 Å². The Bertz CT molecular complexity index is 503. The van der Waals surface area contributed by atoms with E-state index in [2.05, 4.69) is 43.4 Å². The number of aliphatic hydroxyl groups is 2. The molecule has 0 rings (SSSR count). The molecule has 2 N–H and O–H groups in total. The molecule has 0 aliphatic heterocycles. The highest BCUT2D eigenvalue weighted by molar-refractivity contribution is 6.01. The molecule has 0 heterocycles. The van der Waals surface area contributed by atoms with Gasteiger partial charge in [-0.15, -0.1) is 0 Å². The fourth-order valence-corrected chi connectivity index (χ4v) is 2.35. The highest BCUT2D eigenvalue weighted by Crippen LogP contribution is 2.09. The Kier molecular flexibility index (Phi) is 16.5. The Morgan fingerprint density at radius 2 is 1.30 bits per heavy atom. The SMILES string of the molecule is CCCCCC=CCC=CCC=CCC=CCCCC(=O)C(O)(C=O)CO. The zero-order chi connectivity index (χ0) is 20.2. The maximum Gasteiger partial charge on any atom is 0.201 e. The van der Waals surface area contributed by atoms with Gasteiger partial charge in [0.1, 0.15) is 0 Å². The molecule has 0 bridgehead atoms. The van der Waals surface area contributed by atoms with Crippen molar-refractivity contribution in [2.75, 3.05) is 6.61 Å². The first-order valence-corrected chi connectivity index (χ1v) is 10.0. The molecule has 4 heteroatoms. The average Bonchev–Trinajstić information content (AvgIpc) is 2.69. The lowest BCUT2D eigenvalue weighted by Gasteiger charge is -2.16. The molecule has 27 heavy (non-hydrogen) atoms. The second-order valence-electron chi connectivity index (χ2n) is 6.60. The van der Waals surface area contributed by atoms with Crippen LogP contribution in [0.5, 0.6) is 0 Å². The van der Waals surface area contributed by atoms with E-state index in [9.17, 15) is 14.7 Å². The first-order chi connectivity index (χ1) is 13.1. The van der Waals surface area contributed by atoms with Gasteiger partial charge in [-0.2, -0.15) is 0 Å². The van der Waals surface area contributed by atoms with Crippen LogP contribution in [-0.4, -0.2) is 34.5 Å². The number of aldehydes is 1. The third kappa shape index (κ3) is 14.0. The molecule has 1 unspecified atom stereocenters. The molecule has 0 aromatic rings. The summed E-state index contributed by atoms with van der Waals surface area (Å²) in [6.07, 6.45) is 26.3. The molecule has 0 aliphatic rings. The van der Waals surface area contributed by atoms with Crippen molar-refractivity contribution in [3.05, 3.63) is 48.6 Å². The van der Waals surface area contributed by atoms with Crippen molar-refractivity contribution in [1.29, 1.82) is 0 Å². The molecule has 0 fully saturated rings. The lowest BCUT2D eigenvalue weighted by molar-refractivity contribution is -0.147. The average molecular weight is 377 g/mol. The molecule has 0 saturated carbocycles. The predicted molar refractivity (Wildman–Crippen MR) is 112 cm³/mol. The highest BCUT2D eigenvalue weighted by atomic mass is 16.3. The van der Waals surface area contributed by atoms with Gasteiger partial charge in [0.15, 0.2) is 12.1 Å². The van der Waals surface area contributed by atoms with Crippen LogP contribution < -0.4 is 0 Å². The van der Waals surface area contributed by atoms with Crippen LogP contribution in [0.2, 0.25) is 0 Å². The number of allylic oxidation sites excluding steroid dienone is 8. The van der Waals surface area contributed by atoms with Crippen LogP contribution in [0.25, 0.3) is 0 Å². The number of carbonyl (C=O) groups is 2. The van der Waals surface area contributed by atoms with E-state index in [4.69, 9.17) is 5.11 Å². The smallest absolute Gasteiger partial charge is 0.201 e. The Hall–Kier alpha value is -1.78. The Balaban J connectivity index is 3.67. The van der Waals surface area contributed by atoms with E-state index in [0.717, 1.165) is 19.3 Å². The van der Waals surface area contributed by atoms with E-state index in [0.29, 0.717) is 12.8 Å². The van der Waals surface area contributed by atoms with Gasteiger partial charge >= 0.3 is 0 Å². The summed E-state index contributed by atoms with van der Waals surface area (Å²) in [5, 5.41) is 18.4.